The number of aryl methyl sites for hydroxylation is 1. The molecular weight excluding hydrogens is 242 g/mol. The Labute approximate surface area is 112 Å². The van der Waals surface area contributed by atoms with Crippen LogP contribution in [0.3, 0.4) is 0 Å². The molecule has 0 radical (unpaired) electrons. The summed E-state index contributed by atoms with van der Waals surface area (Å²) < 4.78 is 4.85. The molecule has 0 aliphatic heterocycles. The van der Waals surface area contributed by atoms with Crippen molar-refractivity contribution in [3.8, 4) is 6.07 Å². The van der Waals surface area contributed by atoms with Crippen LogP contribution >= 0.6 is 0 Å². The number of anilines is 1. The molecule has 0 saturated heterocycles. The van der Waals surface area contributed by atoms with Gasteiger partial charge in [-0.3, -0.25) is 4.79 Å². The molecule has 5 heteroatoms. The fraction of sp³-hybridized carbons (Fsp3) is 0.286. The lowest BCUT2D eigenvalue weighted by Crippen LogP contribution is -2.18. The number of nitriles is 1. The number of rotatable bonds is 6. The minimum absolute atomic E-state index is 0.0247. The van der Waals surface area contributed by atoms with Crippen molar-refractivity contribution in [3.63, 3.8) is 0 Å². The Morgan fingerprint density at radius 2 is 2.11 bits per heavy atom. The van der Waals surface area contributed by atoms with Gasteiger partial charge in [-0.1, -0.05) is 17.7 Å². The Morgan fingerprint density at radius 1 is 1.42 bits per heavy atom. The molecule has 0 aliphatic rings. The number of nitrogens with zero attached hydrogens (tertiary/aromatic N) is 1. The smallest absolute Gasteiger partial charge is 0.267 e. The monoisotopic (exact) mass is 259 g/mol. The fourth-order valence-electron chi connectivity index (χ4n) is 1.32. The summed E-state index contributed by atoms with van der Waals surface area (Å²) in [5.74, 6) is -0.434. The molecule has 1 amide bonds. The molecule has 2 N–H and O–H groups in total. The Bertz CT molecular complexity index is 486. The second-order valence-electron chi connectivity index (χ2n) is 3.94. The highest BCUT2D eigenvalue weighted by Crippen LogP contribution is 2.09. The molecule has 1 aromatic rings. The number of amides is 1. The van der Waals surface area contributed by atoms with Gasteiger partial charge in [0, 0.05) is 25.5 Å². The minimum atomic E-state index is -0.434. The van der Waals surface area contributed by atoms with Gasteiger partial charge in [0.1, 0.15) is 11.6 Å². The van der Waals surface area contributed by atoms with Crippen molar-refractivity contribution in [2.75, 3.05) is 25.6 Å². The first kappa shape index (κ1) is 14.7. The number of benzene rings is 1. The number of hydrogen-bond donors (Lipinski definition) is 2. The van der Waals surface area contributed by atoms with Gasteiger partial charge >= 0.3 is 0 Å². The lowest BCUT2D eigenvalue weighted by molar-refractivity contribution is -0.112. The van der Waals surface area contributed by atoms with Gasteiger partial charge < -0.3 is 15.4 Å². The van der Waals surface area contributed by atoms with Gasteiger partial charge in [0.2, 0.25) is 0 Å². The first-order chi connectivity index (χ1) is 9.17. The number of ether oxygens (including phenoxy) is 1. The van der Waals surface area contributed by atoms with E-state index < -0.39 is 5.91 Å². The van der Waals surface area contributed by atoms with Crippen LogP contribution in [0, 0.1) is 18.3 Å². The van der Waals surface area contributed by atoms with Gasteiger partial charge in [0.05, 0.1) is 6.61 Å². The summed E-state index contributed by atoms with van der Waals surface area (Å²) in [6, 6.07) is 9.22. The summed E-state index contributed by atoms with van der Waals surface area (Å²) in [4.78, 5) is 11.8. The summed E-state index contributed by atoms with van der Waals surface area (Å²) in [5.41, 5.74) is 1.79. The molecule has 0 saturated carbocycles. The maximum Gasteiger partial charge on any atom is 0.267 e. The van der Waals surface area contributed by atoms with Crippen LogP contribution < -0.4 is 10.6 Å². The number of carbonyl (C=O) groups excluding carboxylic acids is 1. The summed E-state index contributed by atoms with van der Waals surface area (Å²) in [6.07, 6.45) is 1.39. The van der Waals surface area contributed by atoms with E-state index in [9.17, 15) is 4.79 Å². The van der Waals surface area contributed by atoms with E-state index >= 15 is 0 Å². The molecule has 0 fully saturated rings. The van der Waals surface area contributed by atoms with Crippen LogP contribution in [0.1, 0.15) is 5.56 Å². The highest BCUT2D eigenvalue weighted by molar-refractivity contribution is 6.06. The van der Waals surface area contributed by atoms with Crippen molar-refractivity contribution >= 4 is 11.6 Å². The number of nitrogens with one attached hydrogen (secondary N) is 2. The SMILES string of the molecule is COCCN/C=C(/C#N)C(=O)Nc1ccc(C)cc1. The highest BCUT2D eigenvalue weighted by atomic mass is 16.5. The molecule has 0 atom stereocenters. The van der Waals surface area contributed by atoms with Crippen LogP contribution in [0.25, 0.3) is 0 Å². The van der Waals surface area contributed by atoms with Crippen molar-refractivity contribution in [3.05, 3.63) is 41.6 Å². The van der Waals surface area contributed by atoms with E-state index in [1.54, 1.807) is 19.2 Å². The largest absolute Gasteiger partial charge is 0.387 e. The first-order valence-electron chi connectivity index (χ1n) is 5.88. The Hall–Kier alpha value is -2.32. The van der Waals surface area contributed by atoms with Crippen molar-refractivity contribution < 1.29 is 9.53 Å². The Balaban J connectivity index is 2.59. The van der Waals surface area contributed by atoms with Crippen LogP contribution in [-0.4, -0.2) is 26.2 Å². The van der Waals surface area contributed by atoms with Crippen molar-refractivity contribution in [1.82, 2.24) is 5.32 Å². The Morgan fingerprint density at radius 3 is 2.68 bits per heavy atom. The van der Waals surface area contributed by atoms with Gasteiger partial charge in [-0.2, -0.15) is 5.26 Å². The highest BCUT2D eigenvalue weighted by Gasteiger charge is 2.08. The fourth-order valence-corrected chi connectivity index (χ4v) is 1.32. The van der Waals surface area contributed by atoms with E-state index in [0.29, 0.717) is 18.8 Å². The molecule has 0 spiro atoms. The number of hydrogen-bond acceptors (Lipinski definition) is 4. The van der Waals surface area contributed by atoms with Gasteiger partial charge in [-0.15, -0.1) is 0 Å². The van der Waals surface area contributed by atoms with Crippen LogP contribution in [-0.2, 0) is 9.53 Å². The van der Waals surface area contributed by atoms with Gasteiger partial charge in [-0.25, -0.2) is 0 Å². The zero-order chi connectivity index (χ0) is 14.1. The van der Waals surface area contributed by atoms with E-state index in [1.807, 2.05) is 25.1 Å². The van der Waals surface area contributed by atoms with Crippen LogP contribution in [0.15, 0.2) is 36.0 Å². The summed E-state index contributed by atoms with van der Waals surface area (Å²) in [6.45, 7) is 3.01. The zero-order valence-electron chi connectivity index (χ0n) is 11.1. The third-order valence-corrected chi connectivity index (χ3v) is 2.37. The van der Waals surface area contributed by atoms with E-state index in [-0.39, 0.29) is 5.57 Å². The maximum absolute atomic E-state index is 11.8. The predicted octanol–water partition coefficient (Wildman–Crippen LogP) is 1.58. The molecule has 0 bridgehead atoms. The first-order valence-corrected chi connectivity index (χ1v) is 5.88. The molecule has 0 aromatic heterocycles. The van der Waals surface area contributed by atoms with Crippen LogP contribution in [0.2, 0.25) is 0 Å². The lowest BCUT2D eigenvalue weighted by Gasteiger charge is -2.05. The molecule has 19 heavy (non-hydrogen) atoms. The molecule has 0 unspecified atom stereocenters. The quantitative estimate of drug-likeness (QED) is 0.462. The molecule has 1 rings (SSSR count). The molecule has 100 valence electrons. The normalized spacial score (nSPS) is 10.7. The summed E-state index contributed by atoms with van der Waals surface area (Å²) in [7, 11) is 1.58. The third-order valence-electron chi connectivity index (χ3n) is 2.37. The average molecular weight is 259 g/mol. The number of methoxy groups -OCH3 is 1. The number of carbonyl (C=O) groups is 1. The summed E-state index contributed by atoms with van der Waals surface area (Å²) in [5, 5.41) is 14.4. The Kier molecular flexibility index (Phi) is 6.13. The van der Waals surface area contributed by atoms with Crippen LogP contribution in [0.5, 0.6) is 0 Å². The molecular formula is C14H17N3O2. The molecule has 0 aliphatic carbocycles. The summed E-state index contributed by atoms with van der Waals surface area (Å²) >= 11 is 0. The second kappa shape index (κ2) is 7.90. The van der Waals surface area contributed by atoms with Crippen molar-refractivity contribution in [2.24, 2.45) is 0 Å². The molecule has 5 nitrogen and oxygen atoms in total. The average Bonchev–Trinajstić information content (AvgIpc) is 2.41. The standard InChI is InChI=1S/C14H17N3O2/c1-11-3-5-13(6-4-11)17-14(18)12(9-15)10-16-7-8-19-2/h3-6,10,16H,7-8H2,1-2H3,(H,17,18)/b12-10-. The van der Waals surface area contributed by atoms with Crippen LogP contribution in [0.4, 0.5) is 5.69 Å². The maximum atomic E-state index is 11.8. The van der Waals surface area contributed by atoms with Gasteiger partial charge in [0.25, 0.3) is 5.91 Å². The van der Waals surface area contributed by atoms with E-state index in [2.05, 4.69) is 10.6 Å². The zero-order valence-corrected chi connectivity index (χ0v) is 11.1. The van der Waals surface area contributed by atoms with Crippen molar-refractivity contribution in [2.45, 2.75) is 6.92 Å². The molecule has 1 aromatic carbocycles. The second-order valence-corrected chi connectivity index (χ2v) is 3.94. The molecule has 0 heterocycles. The predicted molar refractivity (Wildman–Crippen MR) is 73.4 cm³/mol. The third kappa shape index (κ3) is 5.23. The van der Waals surface area contributed by atoms with E-state index in [1.165, 1.54) is 6.20 Å². The van der Waals surface area contributed by atoms with Gasteiger partial charge in [0.15, 0.2) is 0 Å². The van der Waals surface area contributed by atoms with E-state index in [0.717, 1.165) is 5.56 Å². The minimum Gasteiger partial charge on any atom is -0.387 e. The van der Waals surface area contributed by atoms with Gasteiger partial charge in [-0.05, 0) is 19.1 Å². The topological polar surface area (TPSA) is 74.1 Å². The van der Waals surface area contributed by atoms with E-state index in [4.69, 9.17) is 10.00 Å². The lowest BCUT2D eigenvalue weighted by atomic mass is 10.2. The van der Waals surface area contributed by atoms with Crippen molar-refractivity contribution in [1.29, 1.82) is 5.26 Å².